The summed E-state index contributed by atoms with van der Waals surface area (Å²) >= 11 is 0. The zero-order valence-electron chi connectivity index (χ0n) is 12.8. The Labute approximate surface area is 126 Å². The van der Waals surface area contributed by atoms with E-state index in [1.807, 2.05) is 12.3 Å². The predicted octanol–water partition coefficient (Wildman–Crippen LogP) is 3.44. The molecule has 1 N–H and O–H groups in total. The van der Waals surface area contributed by atoms with Crippen molar-refractivity contribution in [1.29, 1.82) is 0 Å². The van der Waals surface area contributed by atoms with E-state index in [9.17, 15) is 0 Å². The van der Waals surface area contributed by atoms with E-state index in [4.69, 9.17) is 4.98 Å². The van der Waals surface area contributed by atoms with E-state index in [2.05, 4.69) is 54.5 Å². The van der Waals surface area contributed by atoms with E-state index < -0.39 is 0 Å². The molecule has 0 bridgehead atoms. The van der Waals surface area contributed by atoms with Crippen LogP contribution in [-0.2, 0) is 12.0 Å². The summed E-state index contributed by atoms with van der Waals surface area (Å²) in [5.41, 5.74) is 2.47. The molecule has 1 fully saturated rings. The van der Waals surface area contributed by atoms with E-state index >= 15 is 0 Å². The van der Waals surface area contributed by atoms with Gasteiger partial charge in [-0.25, -0.2) is 9.97 Å². The number of nitrogens with zero attached hydrogens (tertiary/aromatic N) is 2. The van der Waals surface area contributed by atoms with Gasteiger partial charge in [0.05, 0.1) is 11.1 Å². The molecule has 1 aromatic heterocycles. The Morgan fingerprint density at radius 1 is 1.14 bits per heavy atom. The topological polar surface area (TPSA) is 37.8 Å². The van der Waals surface area contributed by atoms with Crippen LogP contribution in [0.25, 0.3) is 0 Å². The van der Waals surface area contributed by atoms with Crippen molar-refractivity contribution >= 4 is 0 Å². The Balaban J connectivity index is 1.89. The van der Waals surface area contributed by atoms with Crippen LogP contribution in [0.1, 0.15) is 50.2 Å². The van der Waals surface area contributed by atoms with Crippen LogP contribution < -0.4 is 5.32 Å². The largest absolute Gasteiger partial charge is 0.309 e. The van der Waals surface area contributed by atoms with Gasteiger partial charge in [0.25, 0.3) is 0 Å². The van der Waals surface area contributed by atoms with Gasteiger partial charge in [-0.2, -0.15) is 0 Å². The molecule has 1 aliphatic rings. The van der Waals surface area contributed by atoms with Gasteiger partial charge in [-0.3, -0.25) is 0 Å². The van der Waals surface area contributed by atoms with Crippen molar-refractivity contribution in [3.8, 4) is 0 Å². The van der Waals surface area contributed by atoms with Gasteiger partial charge in [0.15, 0.2) is 0 Å². The number of nitrogens with one attached hydrogen (secondary N) is 1. The first kappa shape index (κ1) is 14.2. The maximum atomic E-state index is 4.84. The third-order valence-corrected chi connectivity index (χ3v) is 4.37. The molecule has 21 heavy (non-hydrogen) atoms. The highest BCUT2D eigenvalue weighted by Gasteiger charge is 2.42. The first-order valence-corrected chi connectivity index (χ1v) is 7.82. The Bertz CT molecular complexity index is 588. The summed E-state index contributed by atoms with van der Waals surface area (Å²) in [6, 6.07) is 13.2. The molecule has 0 unspecified atom stereocenters. The van der Waals surface area contributed by atoms with Gasteiger partial charge < -0.3 is 5.32 Å². The van der Waals surface area contributed by atoms with Gasteiger partial charge >= 0.3 is 0 Å². The molecule has 0 atom stereocenters. The lowest BCUT2D eigenvalue weighted by Crippen LogP contribution is -2.37. The molecule has 0 radical (unpaired) electrons. The third-order valence-electron chi connectivity index (χ3n) is 4.37. The molecule has 1 aromatic carbocycles. The molecule has 3 rings (SSSR count). The average Bonchev–Trinajstić information content (AvgIpc) is 2.46. The highest BCUT2D eigenvalue weighted by Crippen LogP contribution is 2.47. The number of benzene rings is 1. The lowest BCUT2D eigenvalue weighted by atomic mass is 9.64. The highest BCUT2D eigenvalue weighted by atomic mass is 15.0. The minimum atomic E-state index is 0.0368. The van der Waals surface area contributed by atoms with Crippen LogP contribution in [0.4, 0.5) is 0 Å². The third kappa shape index (κ3) is 2.84. The van der Waals surface area contributed by atoms with Gasteiger partial charge in [0, 0.05) is 18.8 Å². The van der Waals surface area contributed by atoms with Gasteiger partial charge in [-0.05, 0) is 24.5 Å². The molecule has 2 aromatic rings. The Kier molecular flexibility index (Phi) is 4.02. The zero-order valence-corrected chi connectivity index (χ0v) is 12.8. The summed E-state index contributed by atoms with van der Waals surface area (Å²) in [6.07, 6.45) is 5.46. The van der Waals surface area contributed by atoms with Crippen molar-refractivity contribution in [2.45, 2.75) is 51.1 Å². The second-order valence-electron chi connectivity index (χ2n) is 6.21. The maximum Gasteiger partial charge on any atom is 0.139 e. The summed E-state index contributed by atoms with van der Waals surface area (Å²) < 4.78 is 0. The Morgan fingerprint density at radius 3 is 2.52 bits per heavy atom. The van der Waals surface area contributed by atoms with E-state index in [-0.39, 0.29) is 5.41 Å². The number of rotatable bonds is 5. The fraction of sp³-hybridized carbons (Fsp3) is 0.444. The van der Waals surface area contributed by atoms with Crippen molar-refractivity contribution in [1.82, 2.24) is 15.3 Å². The average molecular weight is 281 g/mol. The lowest BCUT2D eigenvalue weighted by Gasteiger charge is -2.41. The van der Waals surface area contributed by atoms with Gasteiger partial charge in [0.1, 0.15) is 5.82 Å². The molecular weight excluding hydrogens is 258 g/mol. The van der Waals surface area contributed by atoms with Crippen molar-refractivity contribution in [2.24, 2.45) is 0 Å². The summed E-state index contributed by atoms with van der Waals surface area (Å²) in [5.74, 6) is 0.989. The molecule has 3 nitrogen and oxygen atoms in total. The van der Waals surface area contributed by atoms with Crippen LogP contribution in [-0.4, -0.2) is 16.0 Å². The molecule has 0 spiro atoms. The van der Waals surface area contributed by atoms with Gasteiger partial charge in [-0.1, -0.05) is 50.6 Å². The van der Waals surface area contributed by atoms with Crippen molar-refractivity contribution in [3.63, 3.8) is 0 Å². The fourth-order valence-corrected chi connectivity index (χ4v) is 2.96. The normalized spacial score (nSPS) is 16.7. The monoisotopic (exact) mass is 281 g/mol. The number of aromatic nitrogens is 2. The predicted molar refractivity (Wildman–Crippen MR) is 85.1 cm³/mol. The molecule has 0 aliphatic heterocycles. The summed E-state index contributed by atoms with van der Waals surface area (Å²) in [6.45, 7) is 5.11. The van der Waals surface area contributed by atoms with E-state index in [0.29, 0.717) is 6.04 Å². The molecule has 1 saturated carbocycles. The van der Waals surface area contributed by atoms with Gasteiger partial charge in [0.2, 0.25) is 0 Å². The van der Waals surface area contributed by atoms with Crippen molar-refractivity contribution in [3.05, 3.63) is 59.7 Å². The molecule has 1 aliphatic carbocycles. The molecule has 0 amide bonds. The molecule has 110 valence electrons. The van der Waals surface area contributed by atoms with Crippen LogP contribution in [0.3, 0.4) is 0 Å². The van der Waals surface area contributed by atoms with E-state index in [1.54, 1.807) is 0 Å². The Morgan fingerprint density at radius 2 is 1.90 bits per heavy atom. The van der Waals surface area contributed by atoms with Crippen molar-refractivity contribution < 1.29 is 0 Å². The van der Waals surface area contributed by atoms with Crippen molar-refractivity contribution in [2.75, 3.05) is 0 Å². The lowest BCUT2D eigenvalue weighted by molar-refractivity contribution is 0.284. The standard InChI is InChI=1S/C18H23N3/c1-14(2)20-13-16-9-12-19-17(21-16)18(10-6-11-18)15-7-4-3-5-8-15/h3-5,7-9,12,14,20H,6,10-11,13H2,1-2H3. The molecule has 0 saturated heterocycles. The quantitative estimate of drug-likeness (QED) is 0.912. The van der Waals surface area contributed by atoms with Crippen LogP contribution in [0.15, 0.2) is 42.6 Å². The first-order valence-electron chi connectivity index (χ1n) is 7.82. The second kappa shape index (κ2) is 5.94. The first-order chi connectivity index (χ1) is 10.2. The smallest absolute Gasteiger partial charge is 0.139 e. The molecule has 1 heterocycles. The maximum absolute atomic E-state index is 4.84. The van der Waals surface area contributed by atoms with Crippen LogP contribution >= 0.6 is 0 Å². The number of hydrogen-bond acceptors (Lipinski definition) is 3. The highest BCUT2D eigenvalue weighted by molar-refractivity contribution is 5.35. The second-order valence-corrected chi connectivity index (χ2v) is 6.21. The van der Waals surface area contributed by atoms with Crippen LogP contribution in [0.5, 0.6) is 0 Å². The number of hydrogen-bond donors (Lipinski definition) is 1. The van der Waals surface area contributed by atoms with E-state index in [1.165, 1.54) is 12.0 Å². The fourth-order valence-electron chi connectivity index (χ4n) is 2.96. The van der Waals surface area contributed by atoms with Gasteiger partial charge in [-0.15, -0.1) is 0 Å². The molecular formula is C18H23N3. The minimum Gasteiger partial charge on any atom is -0.309 e. The van der Waals surface area contributed by atoms with Crippen LogP contribution in [0.2, 0.25) is 0 Å². The van der Waals surface area contributed by atoms with Crippen LogP contribution in [0, 0.1) is 0 Å². The molecule has 3 heteroatoms. The SMILES string of the molecule is CC(C)NCc1ccnc(C2(c3ccccc3)CCC2)n1. The zero-order chi connectivity index (χ0) is 14.7. The van der Waals surface area contributed by atoms with E-state index in [0.717, 1.165) is 30.9 Å². The Hall–Kier alpha value is -1.74. The summed E-state index contributed by atoms with van der Waals surface area (Å²) in [4.78, 5) is 9.44. The summed E-state index contributed by atoms with van der Waals surface area (Å²) in [5, 5.41) is 3.43. The minimum absolute atomic E-state index is 0.0368. The summed E-state index contributed by atoms with van der Waals surface area (Å²) in [7, 11) is 0.